The molecule has 0 unspecified atom stereocenters. The van der Waals surface area contributed by atoms with Crippen molar-refractivity contribution >= 4 is 5.96 Å². The first-order valence-electron chi connectivity index (χ1n) is 9.45. The van der Waals surface area contributed by atoms with E-state index in [9.17, 15) is 4.39 Å². The van der Waals surface area contributed by atoms with E-state index >= 15 is 0 Å². The molecule has 0 aliphatic rings. The highest BCUT2D eigenvalue weighted by atomic mass is 19.1. The van der Waals surface area contributed by atoms with Gasteiger partial charge in [0.2, 0.25) is 0 Å². The molecule has 0 atom stereocenters. The van der Waals surface area contributed by atoms with Gasteiger partial charge in [0.25, 0.3) is 0 Å². The Bertz CT molecular complexity index is 938. The topological polar surface area (TPSA) is 76.4 Å². The Morgan fingerprint density at radius 2 is 1.97 bits per heavy atom. The third-order valence-electron chi connectivity index (χ3n) is 4.20. The highest BCUT2D eigenvalue weighted by Crippen LogP contribution is 2.15. The lowest BCUT2D eigenvalue weighted by Gasteiger charge is -2.11. The highest BCUT2D eigenvalue weighted by molar-refractivity contribution is 5.79. The number of benzene rings is 2. The molecule has 3 aromatic rings. The van der Waals surface area contributed by atoms with Crippen LogP contribution in [0.3, 0.4) is 0 Å². The van der Waals surface area contributed by atoms with Crippen LogP contribution in [0.1, 0.15) is 23.9 Å². The van der Waals surface area contributed by atoms with E-state index in [1.807, 2.05) is 44.3 Å². The molecule has 0 amide bonds. The highest BCUT2D eigenvalue weighted by Gasteiger charge is 2.03. The summed E-state index contributed by atoms with van der Waals surface area (Å²) in [6.45, 7) is 4.17. The minimum Gasteiger partial charge on any atom is -0.489 e. The first kappa shape index (κ1) is 20.3. The largest absolute Gasteiger partial charge is 0.489 e. The van der Waals surface area contributed by atoms with E-state index in [4.69, 9.17) is 4.74 Å². The number of nitrogens with zero attached hydrogens (tertiary/aromatic N) is 4. The zero-order valence-electron chi connectivity index (χ0n) is 16.6. The normalized spacial score (nSPS) is 11.3. The number of ether oxygens (including phenoxy) is 1. The molecule has 29 heavy (non-hydrogen) atoms. The van der Waals surface area contributed by atoms with Gasteiger partial charge in [-0.3, -0.25) is 4.68 Å². The van der Waals surface area contributed by atoms with E-state index < -0.39 is 0 Å². The van der Waals surface area contributed by atoms with E-state index in [1.165, 1.54) is 18.5 Å². The summed E-state index contributed by atoms with van der Waals surface area (Å²) in [5, 5.41) is 10.5. The number of hydrogen-bond acceptors (Lipinski definition) is 4. The lowest BCUT2D eigenvalue weighted by molar-refractivity contribution is 0.305. The van der Waals surface area contributed by atoms with Gasteiger partial charge in [-0.15, -0.1) is 0 Å². The zero-order valence-corrected chi connectivity index (χ0v) is 16.6. The summed E-state index contributed by atoms with van der Waals surface area (Å²) >= 11 is 0. The van der Waals surface area contributed by atoms with Crippen LogP contribution in [-0.2, 0) is 26.7 Å². The molecule has 0 saturated carbocycles. The number of guanidine groups is 1. The molecular weight excluding hydrogens is 371 g/mol. The fraction of sp³-hybridized carbons (Fsp3) is 0.286. The summed E-state index contributed by atoms with van der Waals surface area (Å²) in [6.07, 6.45) is 1.53. The second-order valence-corrected chi connectivity index (χ2v) is 6.41. The van der Waals surface area contributed by atoms with Gasteiger partial charge in [-0.2, -0.15) is 5.10 Å². The summed E-state index contributed by atoms with van der Waals surface area (Å²) < 4.78 is 20.7. The van der Waals surface area contributed by atoms with Crippen molar-refractivity contribution in [2.24, 2.45) is 12.0 Å². The van der Waals surface area contributed by atoms with Crippen LogP contribution in [0.5, 0.6) is 5.75 Å². The maximum Gasteiger partial charge on any atom is 0.191 e. The molecule has 0 saturated heterocycles. The lowest BCUT2D eigenvalue weighted by Crippen LogP contribution is -2.37. The van der Waals surface area contributed by atoms with Gasteiger partial charge in [0.1, 0.15) is 30.3 Å². The summed E-state index contributed by atoms with van der Waals surface area (Å²) in [7, 11) is 1.85. The molecule has 1 aromatic heterocycles. The number of aliphatic imine (C=N–C) groups is 1. The predicted molar refractivity (Wildman–Crippen MR) is 110 cm³/mol. The minimum absolute atomic E-state index is 0.261. The maximum absolute atomic E-state index is 13.2. The van der Waals surface area contributed by atoms with Crippen molar-refractivity contribution in [2.75, 3.05) is 6.54 Å². The van der Waals surface area contributed by atoms with Gasteiger partial charge in [-0.05, 0) is 42.3 Å². The van der Waals surface area contributed by atoms with Crippen molar-refractivity contribution in [3.63, 3.8) is 0 Å². The van der Waals surface area contributed by atoms with Crippen molar-refractivity contribution in [2.45, 2.75) is 26.6 Å². The molecule has 0 bridgehead atoms. The Morgan fingerprint density at radius 3 is 2.66 bits per heavy atom. The molecular formula is C21H25FN6O. The Morgan fingerprint density at radius 1 is 1.14 bits per heavy atom. The van der Waals surface area contributed by atoms with Gasteiger partial charge >= 0.3 is 0 Å². The molecule has 8 heteroatoms. The van der Waals surface area contributed by atoms with Crippen LogP contribution in [0.25, 0.3) is 0 Å². The number of nitrogens with one attached hydrogen (secondary N) is 2. The average molecular weight is 396 g/mol. The molecule has 0 aliphatic heterocycles. The van der Waals surface area contributed by atoms with E-state index in [2.05, 4.69) is 25.7 Å². The molecule has 0 spiro atoms. The molecule has 0 aliphatic carbocycles. The molecule has 0 fully saturated rings. The van der Waals surface area contributed by atoms with Gasteiger partial charge < -0.3 is 15.4 Å². The Labute approximate surface area is 169 Å². The number of aryl methyl sites for hydroxylation is 1. The molecule has 2 aromatic carbocycles. The van der Waals surface area contributed by atoms with E-state index in [0.717, 1.165) is 29.2 Å². The second kappa shape index (κ2) is 10.2. The Balaban J connectivity index is 1.53. The number of rotatable bonds is 8. The predicted octanol–water partition coefficient (Wildman–Crippen LogP) is 2.79. The smallest absolute Gasteiger partial charge is 0.191 e. The van der Waals surface area contributed by atoms with Gasteiger partial charge in [0, 0.05) is 13.6 Å². The summed E-state index contributed by atoms with van der Waals surface area (Å²) in [6, 6.07) is 14.1. The van der Waals surface area contributed by atoms with E-state index in [0.29, 0.717) is 25.7 Å². The molecule has 0 radical (unpaired) electrons. The fourth-order valence-corrected chi connectivity index (χ4v) is 2.64. The van der Waals surface area contributed by atoms with Crippen LogP contribution in [0.4, 0.5) is 4.39 Å². The molecule has 152 valence electrons. The SMILES string of the molecule is CCNC(=NCc1ccc(OCc2cccc(F)c2)cc1)NCc1ncnn1C. The van der Waals surface area contributed by atoms with E-state index in [1.54, 1.807) is 10.7 Å². The van der Waals surface area contributed by atoms with Gasteiger partial charge in [0.15, 0.2) is 5.96 Å². The molecule has 1 heterocycles. The summed E-state index contributed by atoms with van der Waals surface area (Å²) in [5.41, 5.74) is 1.85. The van der Waals surface area contributed by atoms with E-state index in [-0.39, 0.29) is 5.82 Å². The van der Waals surface area contributed by atoms with Crippen molar-refractivity contribution in [1.82, 2.24) is 25.4 Å². The molecule has 7 nitrogen and oxygen atoms in total. The van der Waals surface area contributed by atoms with Crippen LogP contribution in [-0.4, -0.2) is 27.3 Å². The first-order valence-corrected chi connectivity index (χ1v) is 9.45. The van der Waals surface area contributed by atoms with Crippen molar-refractivity contribution in [3.05, 3.63) is 77.6 Å². The fourth-order valence-electron chi connectivity index (χ4n) is 2.64. The van der Waals surface area contributed by atoms with Crippen LogP contribution in [0.15, 0.2) is 59.9 Å². The van der Waals surface area contributed by atoms with Crippen molar-refractivity contribution in [1.29, 1.82) is 0 Å². The standard InChI is InChI=1S/C21H25FN6O/c1-3-23-21(25-13-20-26-15-27-28(20)2)24-12-16-7-9-19(10-8-16)29-14-17-5-4-6-18(22)11-17/h4-11,15H,3,12-14H2,1-2H3,(H2,23,24,25). The van der Waals surface area contributed by atoms with Gasteiger partial charge in [-0.1, -0.05) is 24.3 Å². The van der Waals surface area contributed by atoms with Crippen molar-refractivity contribution in [3.8, 4) is 5.75 Å². The maximum atomic E-state index is 13.2. The van der Waals surface area contributed by atoms with Crippen LogP contribution < -0.4 is 15.4 Å². The monoisotopic (exact) mass is 396 g/mol. The average Bonchev–Trinajstić information content (AvgIpc) is 3.14. The quantitative estimate of drug-likeness (QED) is 0.452. The first-order chi connectivity index (χ1) is 14.1. The summed E-state index contributed by atoms with van der Waals surface area (Å²) in [5.74, 6) is 2.01. The van der Waals surface area contributed by atoms with Crippen LogP contribution in [0, 0.1) is 5.82 Å². The second-order valence-electron chi connectivity index (χ2n) is 6.41. The van der Waals surface area contributed by atoms with Crippen LogP contribution in [0.2, 0.25) is 0 Å². The van der Waals surface area contributed by atoms with Gasteiger partial charge in [-0.25, -0.2) is 14.4 Å². The molecule has 2 N–H and O–H groups in total. The number of hydrogen-bond donors (Lipinski definition) is 2. The van der Waals surface area contributed by atoms with Crippen LogP contribution >= 0.6 is 0 Å². The lowest BCUT2D eigenvalue weighted by atomic mass is 10.2. The number of halogens is 1. The third kappa shape index (κ3) is 6.31. The molecule has 3 rings (SSSR count). The summed E-state index contributed by atoms with van der Waals surface area (Å²) in [4.78, 5) is 8.79. The van der Waals surface area contributed by atoms with Gasteiger partial charge in [0.05, 0.1) is 13.1 Å². The van der Waals surface area contributed by atoms with Crippen molar-refractivity contribution < 1.29 is 9.13 Å². The third-order valence-corrected chi connectivity index (χ3v) is 4.20. The Kier molecular flexibility index (Phi) is 7.16. The number of aromatic nitrogens is 3. The zero-order chi connectivity index (χ0) is 20.5. The Hall–Kier alpha value is -3.42. The minimum atomic E-state index is -0.261.